The molecule has 0 saturated heterocycles. The third-order valence-corrected chi connectivity index (χ3v) is 5.48. The predicted molar refractivity (Wildman–Crippen MR) is 104 cm³/mol. The number of allylic oxidation sites excluding steroid dienone is 2. The van der Waals surface area contributed by atoms with E-state index in [1.165, 1.54) is 18.2 Å². The molecule has 2 aliphatic rings. The highest BCUT2D eigenvalue weighted by Gasteiger charge is 2.41. The summed E-state index contributed by atoms with van der Waals surface area (Å²) < 4.78 is 41.7. The lowest BCUT2D eigenvalue weighted by Crippen LogP contribution is -2.47. The van der Waals surface area contributed by atoms with E-state index in [1.54, 1.807) is 12.1 Å². The van der Waals surface area contributed by atoms with Crippen LogP contribution in [-0.2, 0) is 11.3 Å². The van der Waals surface area contributed by atoms with Crippen LogP contribution in [0.25, 0.3) is 0 Å². The van der Waals surface area contributed by atoms with Gasteiger partial charge in [-0.05, 0) is 47.9 Å². The number of alkyl halides is 3. The van der Waals surface area contributed by atoms with Crippen molar-refractivity contribution in [1.29, 1.82) is 0 Å². The minimum Gasteiger partial charge on any atom is -0.406 e. The van der Waals surface area contributed by atoms with E-state index in [0.717, 1.165) is 5.56 Å². The van der Waals surface area contributed by atoms with Crippen LogP contribution in [0.1, 0.15) is 23.5 Å². The van der Waals surface area contributed by atoms with Gasteiger partial charge in [0.15, 0.2) is 0 Å². The van der Waals surface area contributed by atoms with E-state index < -0.39 is 12.4 Å². The number of benzene rings is 2. The molecule has 1 aliphatic carbocycles. The number of rotatable bonds is 4. The Balaban J connectivity index is 1.51. The van der Waals surface area contributed by atoms with Crippen LogP contribution in [-0.4, -0.2) is 18.3 Å². The summed E-state index contributed by atoms with van der Waals surface area (Å²) in [6, 6.07) is 10.9. The highest BCUT2D eigenvalue weighted by molar-refractivity contribution is 6.30. The molecule has 2 aromatic rings. The second-order valence-electron chi connectivity index (χ2n) is 7.12. The number of carbonyl (C=O) groups excluding carboxylic acids is 1. The number of anilines is 1. The molecular weight excluding hydrogens is 405 g/mol. The Hall–Kier alpha value is -2.67. The van der Waals surface area contributed by atoms with Crippen LogP contribution >= 0.6 is 11.6 Å². The Kier molecular flexibility index (Phi) is 5.17. The summed E-state index contributed by atoms with van der Waals surface area (Å²) in [6.07, 6.45) is -0.171. The van der Waals surface area contributed by atoms with Crippen LogP contribution < -0.4 is 15.4 Å². The zero-order valence-electron chi connectivity index (χ0n) is 15.2. The zero-order valence-corrected chi connectivity index (χ0v) is 15.9. The first kappa shape index (κ1) is 19.6. The first-order chi connectivity index (χ1) is 13.8. The number of hydrogen-bond acceptors (Lipinski definition) is 3. The molecule has 3 unspecified atom stereocenters. The van der Waals surface area contributed by atoms with Gasteiger partial charge in [0.2, 0.25) is 5.91 Å². The van der Waals surface area contributed by atoms with Crippen LogP contribution in [0.2, 0.25) is 5.02 Å². The highest BCUT2D eigenvalue weighted by atomic mass is 35.5. The van der Waals surface area contributed by atoms with Crippen molar-refractivity contribution in [2.75, 3.05) is 5.32 Å². The maximum atomic E-state index is 12.8. The Morgan fingerprint density at radius 2 is 1.97 bits per heavy atom. The summed E-state index contributed by atoms with van der Waals surface area (Å²) >= 11 is 5.88. The lowest BCUT2D eigenvalue weighted by Gasteiger charge is -2.36. The van der Waals surface area contributed by atoms with Gasteiger partial charge in [0, 0.05) is 29.1 Å². The summed E-state index contributed by atoms with van der Waals surface area (Å²) in [5.74, 6) is -0.633. The van der Waals surface area contributed by atoms with E-state index in [0.29, 0.717) is 29.2 Å². The van der Waals surface area contributed by atoms with Crippen LogP contribution in [0.5, 0.6) is 5.75 Å². The molecule has 0 spiro atoms. The molecule has 0 saturated carbocycles. The van der Waals surface area contributed by atoms with E-state index in [4.69, 9.17) is 11.6 Å². The van der Waals surface area contributed by atoms with Crippen molar-refractivity contribution >= 4 is 23.2 Å². The number of amides is 1. The van der Waals surface area contributed by atoms with Gasteiger partial charge in [-0.1, -0.05) is 35.9 Å². The average molecular weight is 423 g/mol. The topological polar surface area (TPSA) is 50.4 Å². The summed E-state index contributed by atoms with van der Waals surface area (Å²) in [5, 5.41) is 6.75. The lowest BCUT2D eigenvalue weighted by molar-refractivity contribution is -0.274. The van der Waals surface area contributed by atoms with Gasteiger partial charge in [0.25, 0.3) is 0 Å². The van der Waals surface area contributed by atoms with Crippen molar-refractivity contribution in [3.63, 3.8) is 0 Å². The van der Waals surface area contributed by atoms with Crippen molar-refractivity contribution < 1.29 is 22.7 Å². The van der Waals surface area contributed by atoms with Crippen molar-refractivity contribution in [2.24, 2.45) is 5.92 Å². The maximum absolute atomic E-state index is 12.8. The lowest BCUT2D eigenvalue weighted by atomic mass is 9.79. The summed E-state index contributed by atoms with van der Waals surface area (Å²) in [5.41, 5.74) is 2.26. The molecule has 0 aromatic heterocycles. The molecular formula is C21H18ClF3N2O2. The number of hydrogen-bond donors (Lipinski definition) is 2. The third-order valence-electron chi connectivity index (χ3n) is 5.23. The Bertz CT molecular complexity index is 944. The van der Waals surface area contributed by atoms with E-state index in [-0.39, 0.29) is 23.5 Å². The standard InChI is InChI=1S/C21H18ClF3N2O2/c22-13-6-4-12(5-7-13)11-26-20(28)19-16-3-1-2-15(16)17-10-14(29-21(23,24)25)8-9-18(17)27-19/h1-2,4-10,15-16,19,27H,3,11H2,(H,26,28). The quantitative estimate of drug-likeness (QED) is 0.681. The van der Waals surface area contributed by atoms with E-state index in [9.17, 15) is 18.0 Å². The molecule has 152 valence electrons. The van der Waals surface area contributed by atoms with Gasteiger partial charge in [-0.3, -0.25) is 4.79 Å². The molecule has 2 N–H and O–H groups in total. The van der Waals surface area contributed by atoms with Gasteiger partial charge in [0.05, 0.1) is 0 Å². The number of carbonyl (C=O) groups is 1. The molecule has 4 nitrogen and oxygen atoms in total. The van der Waals surface area contributed by atoms with Crippen molar-refractivity contribution in [1.82, 2.24) is 5.32 Å². The van der Waals surface area contributed by atoms with Crippen LogP contribution in [0.15, 0.2) is 54.6 Å². The number of fused-ring (bicyclic) bond motifs is 3. The largest absolute Gasteiger partial charge is 0.573 e. The first-order valence-corrected chi connectivity index (χ1v) is 9.53. The van der Waals surface area contributed by atoms with Gasteiger partial charge >= 0.3 is 6.36 Å². The fourth-order valence-electron chi connectivity index (χ4n) is 3.93. The summed E-state index contributed by atoms with van der Waals surface area (Å²) in [6.45, 7) is 0.365. The zero-order chi connectivity index (χ0) is 20.6. The molecule has 0 bridgehead atoms. The van der Waals surface area contributed by atoms with Crippen molar-refractivity contribution in [3.8, 4) is 5.75 Å². The third kappa shape index (κ3) is 4.34. The van der Waals surface area contributed by atoms with Gasteiger partial charge in [-0.25, -0.2) is 0 Å². The van der Waals surface area contributed by atoms with Crippen LogP contribution in [0.3, 0.4) is 0 Å². The molecule has 0 radical (unpaired) electrons. The molecule has 3 atom stereocenters. The number of nitrogens with one attached hydrogen (secondary N) is 2. The van der Waals surface area contributed by atoms with Crippen LogP contribution in [0, 0.1) is 5.92 Å². The summed E-state index contributed by atoms with van der Waals surface area (Å²) in [4.78, 5) is 12.8. The maximum Gasteiger partial charge on any atom is 0.573 e. The monoisotopic (exact) mass is 422 g/mol. The molecule has 29 heavy (non-hydrogen) atoms. The van der Waals surface area contributed by atoms with Gasteiger partial charge in [-0.2, -0.15) is 0 Å². The van der Waals surface area contributed by atoms with Crippen molar-refractivity contribution in [3.05, 3.63) is 70.8 Å². The molecule has 1 heterocycles. The molecule has 4 rings (SSSR count). The normalized spacial score (nSPS) is 22.4. The fourth-order valence-corrected chi connectivity index (χ4v) is 4.06. The highest BCUT2D eigenvalue weighted by Crippen LogP contribution is 2.46. The smallest absolute Gasteiger partial charge is 0.406 e. The fraction of sp³-hybridized carbons (Fsp3) is 0.286. The molecule has 1 amide bonds. The average Bonchev–Trinajstić information content (AvgIpc) is 3.15. The molecule has 2 aromatic carbocycles. The van der Waals surface area contributed by atoms with Crippen LogP contribution in [0.4, 0.5) is 18.9 Å². The second-order valence-corrected chi connectivity index (χ2v) is 7.55. The minimum absolute atomic E-state index is 0.0751. The Morgan fingerprint density at radius 3 is 2.69 bits per heavy atom. The van der Waals surface area contributed by atoms with E-state index in [2.05, 4.69) is 15.4 Å². The van der Waals surface area contributed by atoms with E-state index >= 15 is 0 Å². The minimum atomic E-state index is -4.74. The Morgan fingerprint density at radius 1 is 1.21 bits per heavy atom. The van der Waals surface area contributed by atoms with Crippen molar-refractivity contribution in [2.45, 2.75) is 31.3 Å². The molecule has 0 fully saturated rings. The number of ether oxygens (including phenoxy) is 1. The Labute approximate surface area is 170 Å². The molecule has 1 aliphatic heterocycles. The first-order valence-electron chi connectivity index (χ1n) is 9.15. The number of halogens is 4. The van der Waals surface area contributed by atoms with Gasteiger partial charge < -0.3 is 15.4 Å². The second kappa shape index (κ2) is 7.63. The van der Waals surface area contributed by atoms with E-state index in [1.807, 2.05) is 24.3 Å². The summed E-state index contributed by atoms with van der Waals surface area (Å²) in [7, 11) is 0. The molecule has 8 heteroatoms. The SMILES string of the molecule is O=C(NCc1ccc(Cl)cc1)C1Nc2ccc(OC(F)(F)F)cc2C2C=CCC12. The van der Waals surface area contributed by atoms with Gasteiger partial charge in [-0.15, -0.1) is 13.2 Å². The van der Waals surface area contributed by atoms with Gasteiger partial charge in [0.1, 0.15) is 11.8 Å². The predicted octanol–water partition coefficient (Wildman–Crippen LogP) is 5.01.